The minimum Gasteiger partial charge on any atom is -0.367 e. The van der Waals surface area contributed by atoms with E-state index >= 15 is 0 Å². The lowest BCUT2D eigenvalue weighted by atomic mass is 10.1. The molecule has 0 spiro atoms. The van der Waals surface area contributed by atoms with Crippen molar-refractivity contribution < 1.29 is 4.39 Å². The van der Waals surface area contributed by atoms with Crippen LogP contribution >= 0.6 is 23.4 Å². The zero-order valence-corrected chi connectivity index (χ0v) is 10.8. The Morgan fingerprint density at radius 3 is 3.06 bits per heavy atom. The van der Waals surface area contributed by atoms with Gasteiger partial charge in [-0.15, -0.1) is 11.6 Å². The number of nitrogens with zero attached hydrogens (tertiary/aromatic N) is 1. The van der Waals surface area contributed by atoms with Gasteiger partial charge in [-0.3, -0.25) is 0 Å². The first kappa shape index (κ1) is 12.1. The first-order valence-corrected chi connectivity index (χ1v) is 7.10. The van der Waals surface area contributed by atoms with Crippen LogP contribution in [0.5, 0.6) is 0 Å². The molecule has 4 heteroatoms. The van der Waals surface area contributed by atoms with Gasteiger partial charge in [-0.2, -0.15) is 11.8 Å². The molecule has 2 rings (SSSR count). The minimum absolute atomic E-state index is 0.196. The van der Waals surface area contributed by atoms with Gasteiger partial charge in [0.25, 0.3) is 0 Å². The molecule has 0 amide bonds. The summed E-state index contributed by atoms with van der Waals surface area (Å²) < 4.78 is 13.6. The van der Waals surface area contributed by atoms with E-state index in [1.807, 2.05) is 17.8 Å². The average molecular weight is 260 g/mol. The monoisotopic (exact) mass is 259 g/mol. The van der Waals surface area contributed by atoms with Gasteiger partial charge in [0, 0.05) is 35.3 Å². The van der Waals surface area contributed by atoms with Gasteiger partial charge < -0.3 is 4.90 Å². The van der Waals surface area contributed by atoms with Crippen LogP contribution < -0.4 is 4.90 Å². The molecule has 1 aliphatic rings. The smallest absolute Gasteiger partial charge is 0.129 e. The van der Waals surface area contributed by atoms with E-state index in [1.54, 1.807) is 6.07 Å². The summed E-state index contributed by atoms with van der Waals surface area (Å²) in [6, 6.07) is 5.65. The van der Waals surface area contributed by atoms with E-state index in [2.05, 4.69) is 11.8 Å². The van der Waals surface area contributed by atoms with Crippen molar-refractivity contribution in [2.45, 2.75) is 18.8 Å². The summed E-state index contributed by atoms with van der Waals surface area (Å²) >= 11 is 7.78. The Morgan fingerprint density at radius 1 is 1.56 bits per heavy atom. The summed E-state index contributed by atoms with van der Waals surface area (Å²) in [5, 5.41) is 0. The van der Waals surface area contributed by atoms with Crippen LogP contribution in [0.15, 0.2) is 18.2 Å². The van der Waals surface area contributed by atoms with E-state index in [0.29, 0.717) is 11.6 Å². The summed E-state index contributed by atoms with van der Waals surface area (Å²) in [6.45, 7) is 3.15. The molecule has 1 atom stereocenters. The predicted molar refractivity (Wildman–Crippen MR) is 70.1 cm³/mol. The van der Waals surface area contributed by atoms with Crippen LogP contribution in [0.25, 0.3) is 0 Å². The number of benzene rings is 1. The number of rotatable bonds is 2. The fourth-order valence-corrected chi connectivity index (χ4v) is 3.31. The molecule has 1 aromatic carbocycles. The van der Waals surface area contributed by atoms with Crippen LogP contribution in [0.1, 0.15) is 12.5 Å². The van der Waals surface area contributed by atoms with Crippen LogP contribution in [0, 0.1) is 5.82 Å². The van der Waals surface area contributed by atoms with Crippen molar-refractivity contribution in [2.75, 3.05) is 23.0 Å². The number of thioether (sulfide) groups is 1. The summed E-state index contributed by atoms with van der Waals surface area (Å²) in [6.07, 6.45) is 0. The Labute approximate surface area is 105 Å². The second kappa shape index (κ2) is 5.28. The van der Waals surface area contributed by atoms with Crippen LogP contribution in [-0.2, 0) is 5.88 Å². The van der Waals surface area contributed by atoms with Crippen molar-refractivity contribution in [1.82, 2.24) is 0 Å². The highest BCUT2D eigenvalue weighted by Crippen LogP contribution is 2.29. The molecule has 0 saturated carbocycles. The fourth-order valence-electron chi connectivity index (χ4n) is 2.03. The molecule has 1 unspecified atom stereocenters. The standard InChI is InChI=1S/C12H15ClFNS/c1-9-8-16-6-5-15(9)12-4-2-3-11(14)10(12)7-13/h2-4,9H,5-8H2,1H3. The molecule has 0 radical (unpaired) electrons. The van der Waals surface area contributed by atoms with Gasteiger partial charge in [-0.1, -0.05) is 6.07 Å². The number of halogens is 2. The van der Waals surface area contributed by atoms with E-state index in [4.69, 9.17) is 11.6 Å². The number of alkyl halides is 1. The maximum atomic E-state index is 13.6. The minimum atomic E-state index is -0.196. The maximum Gasteiger partial charge on any atom is 0.129 e. The first-order valence-electron chi connectivity index (χ1n) is 5.41. The van der Waals surface area contributed by atoms with Gasteiger partial charge in [0.15, 0.2) is 0 Å². The summed E-state index contributed by atoms with van der Waals surface area (Å²) in [5.74, 6) is 2.23. The van der Waals surface area contributed by atoms with Crippen molar-refractivity contribution >= 4 is 29.1 Å². The Kier molecular flexibility index (Phi) is 3.98. The summed E-state index contributed by atoms with van der Waals surface area (Å²) in [7, 11) is 0. The number of anilines is 1. The van der Waals surface area contributed by atoms with Crippen molar-refractivity contribution in [2.24, 2.45) is 0 Å². The lowest BCUT2D eigenvalue weighted by Gasteiger charge is -2.36. The molecule has 0 aromatic heterocycles. The first-order chi connectivity index (χ1) is 7.74. The lowest BCUT2D eigenvalue weighted by Crippen LogP contribution is -2.41. The second-order valence-electron chi connectivity index (χ2n) is 3.99. The highest BCUT2D eigenvalue weighted by atomic mass is 35.5. The van der Waals surface area contributed by atoms with Crippen LogP contribution in [0.2, 0.25) is 0 Å². The molecule has 1 saturated heterocycles. The van der Waals surface area contributed by atoms with Gasteiger partial charge in [-0.05, 0) is 19.1 Å². The largest absolute Gasteiger partial charge is 0.367 e. The zero-order chi connectivity index (χ0) is 11.5. The van der Waals surface area contributed by atoms with Crippen LogP contribution in [0.4, 0.5) is 10.1 Å². The molecule has 0 bridgehead atoms. The van der Waals surface area contributed by atoms with Gasteiger partial charge in [-0.25, -0.2) is 4.39 Å². The quantitative estimate of drug-likeness (QED) is 0.748. The number of hydrogen-bond donors (Lipinski definition) is 0. The highest BCUT2D eigenvalue weighted by Gasteiger charge is 2.22. The topological polar surface area (TPSA) is 3.24 Å². The maximum absolute atomic E-state index is 13.6. The van der Waals surface area contributed by atoms with Gasteiger partial charge >= 0.3 is 0 Å². The van der Waals surface area contributed by atoms with E-state index in [1.165, 1.54) is 6.07 Å². The third kappa shape index (κ3) is 2.30. The van der Waals surface area contributed by atoms with Crippen molar-refractivity contribution in [1.29, 1.82) is 0 Å². The molecule has 88 valence electrons. The highest BCUT2D eigenvalue weighted by molar-refractivity contribution is 7.99. The van der Waals surface area contributed by atoms with Gasteiger partial charge in [0.2, 0.25) is 0 Å². The molecule has 1 aromatic rings. The molecule has 16 heavy (non-hydrogen) atoms. The SMILES string of the molecule is CC1CSCCN1c1cccc(F)c1CCl. The zero-order valence-electron chi connectivity index (χ0n) is 9.25. The Morgan fingerprint density at radius 2 is 2.38 bits per heavy atom. The molecule has 1 nitrogen and oxygen atoms in total. The molecule has 0 aliphatic carbocycles. The third-order valence-electron chi connectivity index (χ3n) is 2.90. The van der Waals surface area contributed by atoms with Crippen LogP contribution in [-0.4, -0.2) is 24.1 Å². The lowest BCUT2D eigenvalue weighted by molar-refractivity contribution is 0.612. The molecular formula is C12H15ClFNS. The number of hydrogen-bond acceptors (Lipinski definition) is 2. The van der Waals surface area contributed by atoms with E-state index < -0.39 is 0 Å². The van der Waals surface area contributed by atoms with Crippen molar-refractivity contribution in [3.8, 4) is 0 Å². The Hall–Kier alpha value is -0.410. The summed E-state index contributed by atoms with van der Waals surface area (Å²) in [4.78, 5) is 2.26. The molecule has 1 fully saturated rings. The summed E-state index contributed by atoms with van der Waals surface area (Å²) in [5.41, 5.74) is 1.59. The normalized spacial score (nSPS) is 21.2. The van der Waals surface area contributed by atoms with Crippen molar-refractivity contribution in [3.63, 3.8) is 0 Å². The van der Waals surface area contributed by atoms with E-state index in [9.17, 15) is 4.39 Å². The third-order valence-corrected chi connectivity index (χ3v) is 4.36. The van der Waals surface area contributed by atoms with Crippen molar-refractivity contribution in [3.05, 3.63) is 29.6 Å². The van der Waals surface area contributed by atoms with Gasteiger partial charge in [0.1, 0.15) is 5.82 Å². The molecular weight excluding hydrogens is 245 g/mol. The van der Waals surface area contributed by atoms with Crippen LogP contribution in [0.3, 0.4) is 0 Å². The van der Waals surface area contributed by atoms with E-state index in [-0.39, 0.29) is 11.7 Å². The van der Waals surface area contributed by atoms with E-state index in [0.717, 1.165) is 23.7 Å². The predicted octanol–water partition coefficient (Wildman–Crippen LogP) is 3.51. The second-order valence-corrected chi connectivity index (χ2v) is 5.41. The fraction of sp³-hybridized carbons (Fsp3) is 0.500. The van der Waals surface area contributed by atoms with Gasteiger partial charge in [0.05, 0.1) is 5.88 Å². The Bertz CT molecular complexity index is 372. The molecule has 1 aliphatic heterocycles. The average Bonchev–Trinajstić information content (AvgIpc) is 2.29. The Balaban J connectivity index is 2.34. The molecule has 1 heterocycles. The molecule has 0 N–H and O–H groups in total.